The smallest absolute Gasteiger partial charge is 0.331 e. The number of halogens is 1. The van der Waals surface area contributed by atoms with Crippen LogP contribution < -0.4 is 11.2 Å². The van der Waals surface area contributed by atoms with Crippen LogP contribution in [0.1, 0.15) is 42.5 Å². The van der Waals surface area contributed by atoms with Crippen LogP contribution in [0.2, 0.25) is 0 Å². The summed E-state index contributed by atoms with van der Waals surface area (Å²) in [5.74, 6) is -0.678. The Bertz CT molecular complexity index is 1300. The molecule has 2 N–H and O–H groups in total. The molecule has 0 saturated heterocycles. The van der Waals surface area contributed by atoms with Gasteiger partial charge in [-0.1, -0.05) is 65.3 Å². The number of H-pyrrole nitrogens is 1. The summed E-state index contributed by atoms with van der Waals surface area (Å²) in [6.45, 7) is 1.81. The van der Waals surface area contributed by atoms with Gasteiger partial charge in [-0.3, -0.25) is 19.1 Å². The number of hydrogen-bond donors (Lipinski definition) is 2. The van der Waals surface area contributed by atoms with Crippen molar-refractivity contribution < 1.29 is 9.90 Å². The molecular weight excluding hydrogens is 476 g/mol. The van der Waals surface area contributed by atoms with Gasteiger partial charge in [-0.15, -0.1) is 0 Å². The van der Waals surface area contributed by atoms with Gasteiger partial charge in [0.15, 0.2) is 0 Å². The number of aromatic amines is 1. The summed E-state index contributed by atoms with van der Waals surface area (Å²) >= 11 is 3.40. The van der Waals surface area contributed by atoms with E-state index >= 15 is 0 Å². The first-order valence-corrected chi connectivity index (χ1v) is 10.9. The van der Waals surface area contributed by atoms with Gasteiger partial charge in [0.2, 0.25) is 11.8 Å². The first-order valence-electron chi connectivity index (χ1n) is 10.1. The van der Waals surface area contributed by atoms with Crippen LogP contribution in [0.25, 0.3) is 0 Å². The number of carbonyl (C=O) groups excluding carboxylic acids is 1. The van der Waals surface area contributed by atoms with Crippen molar-refractivity contribution in [3.05, 3.63) is 96.6 Å². The van der Waals surface area contributed by atoms with Crippen LogP contribution in [-0.4, -0.2) is 31.3 Å². The second-order valence-electron chi connectivity index (χ2n) is 7.44. The third-order valence-electron chi connectivity index (χ3n) is 5.37. The highest BCUT2D eigenvalue weighted by Crippen LogP contribution is 2.34. The minimum absolute atomic E-state index is 0.0797. The predicted octanol–water partition coefficient (Wildman–Crippen LogP) is 3.14. The monoisotopic (exact) mass is 496 g/mol. The van der Waals surface area contributed by atoms with Crippen LogP contribution in [0.3, 0.4) is 0 Å². The second-order valence-corrected chi connectivity index (χ2v) is 8.36. The number of aromatic hydroxyl groups is 1. The topological polar surface area (TPSA) is 108 Å². The summed E-state index contributed by atoms with van der Waals surface area (Å²) < 4.78 is 1.99. The highest BCUT2D eigenvalue weighted by Gasteiger charge is 2.35. The van der Waals surface area contributed by atoms with E-state index in [1.165, 1.54) is 5.01 Å². The lowest BCUT2D eigenvalue weighted by Crippen LogP contribution is -2.34. The Morgan fingerprint density at radius 1 is 1.16 bits per heavy atom. The maximum atomic E-state index is 12.7. The SMILES string of the molecule is CCC(=O)N1N=C(c2c(O)n(Cc3ccccc3)c(=O)[nH]c2=O)CC1c1ccc(Br)cc1. The van der Waals surface area contributed by atoms with Gasteiger partial charge in [0.25, 0.3) is 5.56 Å². The summed E-state index contributed by atoms with van der Waals surface area (Å²) in [6, 6.07) is 16.2. The van der Waals surface area contributed by atoms with Gasteiger partial charge in [0, 0.05) is 17.3 Å². The Balaban J connectivity index is 1.77. The molecule has 1 amide bonds. The Kier molecular flexibility index (Phi) is 6.09. The molecule has 1 atom stereocenters. The number of nitrogens with zero attached hydrogens (tertiary/aromatic N) is 3. The van der Waals surface area contributed by atoms with Crippen LogP contribution in [0.15, 0.2) is 73.8 Å². The van der Waals surface area contributed by atoms with Crippen molar-refractivity contribution in [2.24, 2.45) is 5.10 Å². The molecular formula is C23H21BrN4O4. The van der Waals surface area contributed by atoms with Crippen molar-refractivity contribution in [1.29, 1.82) is 0 Å². The second kappa shape index (κ2) is 8.96. The molecule has 2 aromatic carbocycles. The molecule has 164 valence electrons. The van der Waals surface area contributed by atoms with Crippen LogP contribution in [0, 0.1) is 0 Å². The molecule has 1 unspecified atom stereocenters. The van der Waals surface area contributed by atoms with Gasteiger partial charge in [0.1, 0.15) is 5.56 Å². The van der Waals surface area contributed by atoms with Gasteiger partial charge >= 0.3 is 5.69 Å². The molecule has 0 saturated carbocycles. The number of rotatable bonds is 5. The molecule has 1 aliphatic rings. The molecule has 3 aromatic rings. The van der Waals surface area contributed by atoms with Gasteiger partial charge in [-0.25, -0.2) is 9.80 Å². The predicted molar refractivity (Wildman–Crippen MR) is 124 cm³/mol. The number of carbonyl (C=O) groups is 1. The molecule has 1 aliphatic heterocycles. The van der Waals surface area contributed by atoms with Crippen molar-refractivity contribution in [1.82, 2.24) is 14.6 Å². The first kappa shape index (κ1) is 21.8. The maximum absolute atomic E-state index is 12.7. The van der Waals surface area contributed by atoms with Gasteiger partial charge < -0.3 is 5.11 Å². The number of hydrazone groups is 1. The molecule has 9 heteroatoms. The molecule has 0 bridgehead atoms. The molecule has 2 heterocycles. The van der Waals surface area contributed by atoms with E-state index in [1.54, 1.807) is 6.92 Å². The largest absolute Gasteiger partial charge is 0.494 e. The zero-order valence-electron chi connectivity index (χ0n) is 17.3. The van der Waals surface area contributed by atoms with Crippen LogP contribution in [0.5, 0.6) is 5.88 Å². The molecule has 32 heavy (non-hydrogen) atoms. The summed E-state index contributed by atoms with van der Waals surface area (Å²) in [4.78, 5) is 39.9. The van der Waals surface area contributed by atoms with Crippen molar-refractivity contribution in [3.63, 3.8) is 0 Å². The summed E-state index contributed by atoms with van der Waals surface area (Å²) in [6.07, 6.45) is 0.465. The van der Waals surface area contributed by atoms with Crippen molar-refractivity contribution >= 4 is 27.5 Å². The molecule has 8 nitrogen and oxygen atoms in total. The summed E-state index contributed by atoms with van der Waals surface area (Å²) in [5.41, 5.74) is 0.323. The third-order valence-corrected chi connectivity index (χ3v) is 5.90. The highest BCUT2D eigenvalue weighted by atomic mass is 79.9. The van der Waals surface area contributed by atoms with Crippen LogP contribution >= 0.6 is 15.9 Å². The first-order chi connectivity index (χ1) is 15.4. The molecule has 1 aromatic heterocycles. The minimum Gasteiger partial charge on any atom is -0.494 e. The number of benzene rings is 2. The number of hydrogen-bond acceptors (Lipinski definition) is 5. The lowest BCUT2D eigenvalue weighted by atomic mass is 9.99. The van der Waals surface area contributed by atoms with E-state index in [1.807, 2.05) is 54.6 Å². The van der Waals surface area contributed by atoms with E-state index in [2.05, 4.69) is 26.0 Å². The van der Waals surface area contributed by atoms with Crippen molar-refractivity contribution in [2.75, 3.05) is 0 Å². The average Bonchev–Trinajstić information content (AvgIpc) is 3.22. The average molecular weight is 497 g/mol. The minimum atomic E-state index is -0.740. The van der Waals surface area contributed by atoms with Crippen LogP contribution in [0.4, 0.5) is 0 Å². The fraction of sp³-hybridized carbons (Fsp3) is 0.217. The Morgan fingerprint density at radius 2 is 1.84 bits per heavy atom. The highest BCUT2D eigenvalue weighted by molar-refractivity contribution is 9.10. The Hall–Kier alpha value is -3.46. The third kappa shape index (κ3) is 4.16. The van der Waals surface area contributed by atoms with Gasteiger partial charge in [0.05, 0.1) is 18.3 Å². The Labute approximate surface area is 192 Å². The van der Waals surface area contributed by atoms with Crippen molar-refractivity contribution in [3.8, 4) is 5.88 Å². The van der Waals surface area contributed by atoms with E-state index in [9.17, 15) is 19.5 Å². The number of amides is 1. The molecule has 0 fully saturated rings. The summed E-state index contributed by atoms with van der Waals surface area (Å²) in [5, 5.41) is 16.7. The van der Waals surface area contributed by atoms with Gasteiger partial charge in [-0.2, -0.15) is 5.10 Å². The lowest BCUT2D eigenvalue weighted by Gasteiger charge is -2.21. The number of nitrogens with one attached hydrogen (secondary N) is 1. The standard InChI is InChI=1S/C23H21BrN4O4/c1-2-19(29)28-18(15-8-10-16(24)11-9-15)12-17(26-28)20-21(30)25-23(32)27(22(20)31)13-14-6-4-3-5-7-14/h3-11,18,31H,2,12-13H2,1H3,(H,25,30,32). The zero-order chi connectivity index (χ0) is 22.8. The van der Waals surface area contributed by atoms with Crippen LogP contribution in [-0.2, 0) is 11.3 Å². The fourth-order valence-corrected chi connectivity index (χ4v) is 3.99. The van der Waals surface area contributed by atoms with E-state index in [-0.39, 0.29) is 36.6 Å². The van der Waals surface area contributed by atoms with E-state index in [4.69, 9.17) is 0 Å². The summed E-state index contributed by atoms with van der Waals surface area (Å²) in [7, 11) is 0. The lowest BCUT2D eigenvalue weighted by molar-refractivity contribution is -0.132. The van der Waals surface area contributed by atoms with E-state index in [0.717, 1.165) is 20.2 Å². The fourth-order valence-electron chi connectivity index (χ4n) is 3.73. The molecule has 4 rings (SSSR count). The maximum Gasteiger partial charge on any atom is 0.331 e. The Morgan fingerprint density at radius 3 is 2.50 bits per heavy atom. The quantitative estimate of drug-likeness (QED) is 0.565. The van der Waals surface area contributed by atoms with E-state index < -0.39 is 23.2 Å². The number of aromatic nitrogens is 2. The zero-order valence-corrected chi connectivity index (χ0v) is 18.9. The molecule has 0 aliphatic carbocycles. The van der Waals surface area contributed by atoms with E-state index in [0.29, 0.717) is 0 Å². The normalized spacial score (nSPS) is 15.6. The van der Waals surface area contributed by atoms with Crippen molar-refractivity contribution in [2.45, 2.75) is 32.4 Å². The molecule has 0 spiro atoms. The molecule has 0 radical (unpaired) electrons. The van der Waals surface area contributed by atoms with Gasteiger partial charge in [-0.05, 0) is 23.3 Å².